The molecule has 4 unspecified atom stereocenters. The first-order valence-electron chi connectivity index (χ1n) is 4.76. The Morgan fingerprint density at radius 3 is 2.54 bits per heavy atom. The SMILES string of the molecule is CC(O)CC(O)C1CCC(CO)O1. The van der Waals surface area contributed by atoms with Crippen molar-refractivity contribution in [3.8, 4) is 0 Å². The van der Waals surface area contributed by atoms with Gasteiger partial charge < -0.3 is 20.1 Å². The van der Waals surface area contributed by atoms with Gasteiger partial charge >= 0.3 is 0 Å². The summed E-state index contributed by atoms with van der Waals surface area (Å²) >= 11 is 0. The van der Waals surface area contributed by atoms with E-state index in [-0.39, 0.29) is 18.8 Å². The molecule has 0 amide bonds. The zero-order chi connectivity index (χ0) is 9.84. The van der Waals surface area contributed by atoms with E-state index in [9.17, 15) is 5.11 Å². The summed E-state index contributed by atoms with van der Waals surface area (Å²) in [5.74, 6) is 0. The van der Waals surface area contributed by atoms with Crippen LogP contribution in [0.3, 0.4) is 0 Å². The van der Waals surface area contributed by atoms with Gasteiger partial charge in [-0.1, -0.05) is 0 Å². The highest BCUT2D eigenvalue weighted by molar-refractivity contribution is 4.79. The highest BCUT2D eigenvalue weighted by Crippen LogP contribution is 2.23. The topological polar surface area (TPSA) is 69.9 Å². The third-order valence-electron chi connectivity index (χ3n) is 2.36. The summed E-state index contributed by atoms with van der Waals surface area (Å²) in [7, 11) is 0. The van der Waals surface area contributed by atoms with Gasteiger partial charge in [0.25, 0.3) is 0 Å². The molecule has 1 heterocycles. The van der Waals surface area contributed by atoms with Crippen LogP contribution >= 0.6 is 0 Å². The van der Waals surface area contributed by atoms with Crippen molar-refractivity contribution >= 4 is 0 Å². The van der Waals surface area contributed by atoms with Crippen LogP contribution in [-0.4, -0.2) is 46.3 Å². The summed E-state index contributed by atoms with van der Waals surface area (Å²) in [6.45, 7) is 1.65. The number of rotatable bonds is 4. The quantitative estimate of drug-likeness (QED) is 0.567. The molecule has 0 aliphatic carbocycles. The lowest BCUT2D eigenvalue weighted by atomic mass is 10.0. The number of ether oxygens (including phenoxy) is 1. The smallest absolute Gasteiger partial charge is 0.0840 e. The van der Waals surface area contributed by atoms with Gasteiger partial charge in [0, 0.05) is 6.42 Å². The molecule has 13 heavy (non-hydrogen) atoms. The zero-order valence-electron chi connectivity index (χ0n) is 7.89. The first-order chi connectivity index (χ1) is 6.13. The van der Waals surface area contributed by atoms with Crippen LogP contribution in [0.2, 0.25) is 0 Å². The Morgan fingerprint density at radius 1 is 1.38 bits per heavy atom. The number of hydrogen-bond donors (Lipinski definition) is 3. The highest BCUT2D eigenvalue weighted by atomic mass is 16.5. The van der Waals surface area contributed by atoms with Crippen LogP contribution in [0, 0.1) is 0 Å². The molecule has 4 heteroatoms. The lowest BCUT2D eigenvalue weighted by Crippen LogP contribution is -2.30. The summed E-state index contributed by atoms with van der Waals surface area (Å²) in [5.41, 5.74) is 0. The van der Waals surface area contributed by atoms with E-state index in [0.717, 1.165) is 12.8 Å². The third kappa shape index (κ3) is 3.23. The van der Waals surface area contributed by atoms with E-state index in [1.54, 1.807) is 6.92 Å². The van der Waals surface area contributed by atoms with Gasteiger partial charge in [0.2, 0.25) is 0 Å². The van der Waals surface area contributed by atoms with E-state index in [1.165, 1.54) is 0 Å². The van der Waals surface area contributed by atoms with E-state index < -0.39 is 12.2 Å². The van der Waals surface area contributed by atoms with Gasteiger partial charge in [-0.2, -0.15) is 0 Å². The fourth-order valence-corrected chi connectivity index (χ4v) is 1.65. The molecule has 0 spiro atoms. The largest absolute Gasteiger partial charge is 0.394 e. The lowest BCUT2D eigenvalue weighted by molar-refractivity contribution is -0.0609. The molecule has 4 nitrogen and oxygen atoms in total. The molecule has 0 bridgehead atoms. The molecule has 0 aromatic rings. The second-order valence-corrected chi connectivity index (χ2v) is 3.71. The molecule has 3 N–H and O–H groups in total. The summed E-state index contributed by atoms with van der Waals surface area (Å²) in [6.07, 6.45) is 0.420. The molecule has 4 atom stereocenters. The normalized spacial score (nSPS) is 33.2. The van der Waals surface area contributed by atoms with Crippen molar-refractivity contribution in [2.75, 3.05) is 6.61 Å². The minimum absolute atomic E-state index is 0.0118. The van der Waals surface area contributed by atoms with Crippen LogP contribution in [0.4, 0.5) is 0 Å². The predicted molar refractivity (Wildman–Crippen MR) is 47.3 cm³/mol. The average molecular weight is 190 g/mol. The summed E-state index contributed by atoms with van der Waals surface area (Å²) in [4.78, 5) is 0. The number of hydrogen-bond acceptors (Lipinski definition) is 4. The highest BCUT2D eigenvalue weighted by Gasteiger charge is 2.30. The van der Waals surface area contributed by atoms with Gasteiger partial charge in [-0.25, -0.2) is 0 Å². The van der Waals surface area contributed by atoms with Crippen molar-refractivity contribution in [1.82, 2.24) is 0 Å². The van der Waals surface area contributed by atoms with Crippen molar-refractivity contribution in [3.05, 3.63) is 0 Å². The minimum Gasteiger partial charge on any atom is -0.394 e. The lowest BCUT2D eigenvalue weighted by Gasteiger charge is -2.19. The Morgan fingerprint density at radius 2 is 2.08 bits per heavy atom. The molecular weight excluding hydrogens is 172 g/mol. The van der Waals surface area contributed by atoms with Gasteiger partial charge in [0.1, 0.15) is 0 Å². The molecule has 0 saturated carbocycles. The van der Waals surface area contributed by atoms with Crippen LogP contribution in [0.1, 0.15) is 26.2 Å². The monoisotopic (exact) mass is 190 g/mol. The molecule has 1 rings (SSSR count). The van der Waals surface area contributed by atoms with Gasteiger partial charge in [0.05, 0.1) is 31.0 Å². The summed E-state index contributed by atoms with van der Waals surface area (Å²) in [6, 6.07) is 0. The van der Waals surface area contributed by atoms with Gasteiger partial charge in [-0.3, -0.25) is 0 Å². The van der Waals surface area contributed by atoms with Gasteiger partial charge in [0.15, 0.2) is 0 Å². The Balaban J connectivity index is 2.28. The summed E-state index contributed by atoms with van der Waals surface area (Å²) < 4.78 is 5.36. The Kier molecular flexibility index (Phi) is 4.12. The second-order valence-electron chi connectivity index (χ2n) is 3.71. The molecule has 1 saturated heterocycles. The maximum atomic E-state index is 9.57. The Bertz CT molecular complexity index is 149. The molecule has 0 radical (unpaired) electrons. The van der Waals surface area contributed by atoms with E-state index in [1.807, 2.05) is 0 Å². The third-order valence-corrected chi connectivity index (χ3v) is 2.36. The molecule has 1 aliphatic heterocycles. The fourth-order valence-electron chi connectivity index (χ4n) is 1.65. The van der Waals surface area contributed by atoms with Crippen LogP contribution < -0.4 is 0 Å². The zero-order valence-corrected chi connectivity index (χ0v) is 7.89. The summed E-state index contributed by atoms with van der Waals surface area (Å²) in [5, 5.41) is 27.4. The van der Waals surface area contributed by atoms with E-state index in [2.05, 4.69) is 0 Å². The fraction of sp³-hybridized carbons (Fsp3) is 1.00. The Hall–Kier alpha value is -0.160. The molecule has 1 fully saturated rings. The average Bonchev–Trinajstić information content (AvgIpc) is 2.50. The number of aliphatic hydroxyl groups is 3. The van der Waals surface area contributed by atoms with Gasteiger partial charge in [-0.05, 0) is 19.8 Å². The van der Waals surface area contributed by atoms with Crippen LogP contribution in [0.5, 0.6) is 0 Å². The standard InChI is InChI=1S/C9H18O4/c1-6(11)4-8(12)9-3-2-7(5-10)13-9/h6-12H,2-5H2,1H3. The maximum absolute atomic E-state index is 9.57. The maximum Gasteiger partial charge on any atom is 0.0840 e. The first kappa shape index (κ1) is 10.9. The van der Waals surface area contributed by atoms with Crippen molar-refractivity contribution in [2.24, 2.45) is 0 Å². The molecular formula is C9H18O4. The minimum atomic E-state index is -0.614. The van der Waals surface area contributed by atoms with Crippen molar-refractivity contribution in [2.45, 2.75) is 50.6 Å². The van der Waals surface area contributed by atoms with Crippen LogP contribution in [0.15, 0.2) is 0 Å². The molecule has 0 aromatic carbocycles. The predicted octanol–water partition coefficient (Wildman–Crippen LogP) is -0.342. The molecule has 1 aliphatic rings. The Labute approximate surface area is 78.1 Å². The molecule has 0 aromatic heterocycles. The van der Waals surface area contributed by atoms with E-state index >= 15 is 0 Å². The first-order valence-corrected chi connectivity index (χ1v) is 4.76. The van der Waals surface area contributed by atoms with Crippen LogP contribution in [0.25, 0.3) is 0 Å². The van der Waals surface area contributed by atoms with Crippen molar-refractivity contribution in [3.63, 3.8) is 0 Å². The van der Waals surface area contributed by atoms with Crippen molar-refractivity contribution in [1.29, 1.82) is 0 Å². The van der Waals surface area contributed by atoms with Crippen molar-refractivity contribution < 1.29 is 20.1 Å². The second kappa shape index (κ2) is 4.91. The van der Waals surface area contributed by atoms with E-state index in [4.69, 9.17) is 14.9 Å². The molecule has 78 valence electrons. The van der Waals surface area contributed by atoms with Crippen LogP contribution in [-0.2, 0) is 4.74 Å². The number of aliphatic hydroxyl groups excluding tert-OH is 3. The van der Waals surface area contributed by atoms with Gasteiger partial charge in [-0.15, -0.1) is 0 Å². The van der Waals surface area contributed by atoms with E-state index in [0.29, 0.717) is 6.42 Å².